The van der Waals surface area contributed by atoms with Crippen molar-refractivity contribution in [3.05, 3.63) is 0 Å². The molecular weight excluding hydrogens is 370 g/mol. The summed E-state index contributed by atoms with van der Waals surface area (Å²) in [6.07, 6.45) is 0.338. The Labute approximate surface area is 80.9 Å². The Bertz CT molecular complexity index is 52.5. The molecule has 0 saturated carbocycles. The minimum absolute atomic E-state index is 0.338. The highest BCUT2D eigenvalue weighted by molar-refractivity contribution is 14.2. The van der Waals surface area contributed by atoms with Gasteiger partial charge in [0.05, 0.1) is 12.6 Å². The molecule has 0 fully saturated rings. The number of hydrogen-bond donors (Lipinski definition) is 0. The molecule has 0 aromatic heterocycles. The van der Waals surface area contributed by atoms with Crippen molar-refractivity contribution in [3.63, 3.8) is 0 Å². The van der Waals surface area contributed by atoms with Gasteiger partial charge in [0.15, 0.2) is 0 Å². The van der Waals surface area contributed by atoms with Crippen molar-refractivity contribution in [2.45, 2.75) is 6.10 Å². The molecule has 0 aliphatic rings. The van der Waals surface area contributed by atoms with E-state index in [1.165, 1.54) is 0 Å². The maximum atomic E-state index is 5.26. The van der Waals surface area contributed by atoms with Gasteiger partial charge in [-0.25, -0.2) is 0 Å². The van der Waals surface area contributed by atoms with Crippen LogP contribution in [0.15, 0.2) is 0 Å². The van der Waals surface area contributed by atoms with E-state index in [0.29, 0.717) is 12.6 Å². The molecule has 0 saturated heterocycles. The summed E-state index contributed by atoms with van der Waals surface area (Å²) in [6.45, 7) is 0.562. The Kier molecular flexibility index (Phi) is 9.06. The van der Waals surface area contributed by atoms with Crippen molar-refractivity contribution >= 4 is 60.4 Å². The first kappa shape index (κ1) is 10.1. The van der Waals surface area contributed by atoms with Crippen molar-refractivity contribution in [1.82, 2.24) is 0 Å². The fraction of sp³-hybridized carbons (Fsp3) is 1.00. The van der Waals surface area contributed by atoms with E-state index in [1.54, 1.807) is 0 Å². The average Bonchev–Trinajstić information content (AvgIpc) is 1.83. The summed E-state index contributed by atoms with van der Waals surface area (Å²) in [5.41, 5.74) is 0. The Morgan fingerprint density at radius 1 is 1.50 bits per heavy atom. The van der Waals surface area contributed by atoms with Crippen LogP contribution in [0.2, 0.25) is 0 Å². The molecule has 1 nitrogen and oxygen atoms in total. The predicted octanol–water partition coefficient (Wildman–Crippen LogP) is 3.10. The Balaban J connectivity index is 3.07. The van der Waals surface area contributed by atoms with Gasteiger partial charge in [-0.2, -0.15) is 0 Å². The van der Waals surface area contributed by atoms with Crippen LogP contribution < -0.4 is 0 Å². The van der Waals surface area contributed by atoms with Crippen LogP contribution in [-0.4, -0.2) is 16.8 Å². The van der Waals surface area contributed by atoms with E-state index < -0.39 is 0 Å². The molecule has 0 aliphatic heterocycles. The summed E-state index contributed by atoms with van der Waals surface area (Å²) < 4.78 is 5.26. The molecule has 0 bridgehead atoms. The van der Waals surface area contributed by atoms with Gasteiger partial charge < -0.3 is 4.52 Å². The average molecular weight is 376 g/mol. The Hall–Kier alpha value is 2.08. The third-order valence-corrected chi connectivity index (χ3v) is 3.18. The standard InChI is InChI=1S/C3H6Br2IOP/c4-1-3(2-5)7-8-6/h3,8H,1-2H2. The Morgan fingerprint density at radius 2 is 2.00 bits per heavy atom. The summed E-state index contributed by atoms with van der Waals surface area (Å²) >= 11 is 8.86. The van der Waals surface area contributed by atoms with E-state index >= 15 is 0 Å². The molecule has 5 heteroatoms. The van der Waals surface area contributed by atoms with E-state index in [0.717, 1.165) is 10.7 Å². The normalized spacial score (nSPS) is 12.0. The lowest BCUT2D eigenvalue weighted by molar-refractivity contribution is 0.299. The fourth-order valence-electron chi connectivity index (χ4n) is 0.167. The third-order valence-electron chi connectivity index (χ3n) is 0.555. The topological polar surface area (TPSA) is 9.23 Å². The molecular formula is C3H6Br2IOP. The van der Waals surface area contributed by atoms with Crippen molar-refractivity contribution in [3.8, 4) is 0 Å². The fourth-order valence-corrected chi connectivity index (χ4v) is 3.36. The molecule has 8 heavy (non-hydrogen) atoms. The molecule has 0 N–H and O–H groups in total. The Morgan fingerprint density at radius 3 is 2.12 bits per heavy atom. The highest BCUT2D eigenvalue weighted by Crippen LogP contribution is 2.25. The SMILES string of the molecule is BrCC(CBr)OPI. The van der Waals surface area contributed by atoms with Crippen LogP contribution in [0.25, 0.3) is 0 Å². The van der Waals surface area contributed by atoms with Crippen LogP contribution >= 0.6 is 60.4 Å². The molecule has 0 aromatic rings. The molecule has 0 heterocycles. The molecule has 1 unspecified atom stereocenters. The second-order valence-corrected chi connectivity index (χ2v) is 4.13. The summed E-state index contributed by atoms with van der Waals surface area (Å²) in [7, 11) is 0. The van der Waals surface area contributed by atoms with E-state index in [2.05, 4.69) is 53.9 Å². The minimum atomic E-state index is 0.338. The molecule has 0 rings (SSSR count). The summed E-state index contributed by atoms with van der Waals surface area (Å²) in [5.74, 6) is 0. The van der Waals surface area contributed by atoms with Crippen molar-refractivity contribution < 1.29 is 4.52 Å². The molecule has 0 amide bonds. The summed E-state index contributed by atoms with van der Waals surface area (Å²) in [5, 5.41) is 1.82. The number of rotatable bonds is 4. The van der Waals surface area contributed by atoms with Gasteiger partial charge in [0, 0.05) is 10.7 Å². The quantitative estimate of drug-likeness (QED) is 0.417. The van der Waals surface area contributed by atoms with Gasteiger partial charge in [0.2, 0.25) is 0 Å². The molecule has 1 atom stereocenters. The lowest BCUT2D eigenvalue weighted by Crippen LogP contribution is -2.10. The lowest BCUT2D eigenvalue weighted by atomic mass is 10.5. The zero-order chi connectivity index (χ0) is 6.41. The smallest absolute Gasteiger partial charge is 0.0817 e. The van der Waals surface area contributed by atoms with Crippen LogP contribution in [0.3, 0.4) is 0 Å². The molecule has 0 aliphatic carbocycles. The first-order valence-corrected chi connectivity index (χ1v) is 8.25. The minimum Gasteiger partial charge on any atom is -0.347 e. The number of halogens is 3. The van der Waals surface area contributed by atoms with E-state index in [9.17, 15) is 0 Å². The maximum absolute atomic E-state index is 5.26. The first-order valence-electron chi connectivity index (χ1n) is 1.98. The van der Waals surface area contributed by atoms with Crippen molar-refractivity contribution in [1.29, 1.82) is 0 Å². The van der Waals surface area contributed by atoms with Gasteiger partial charge in [0.25, 0.3) is 0 Å². The predicted molar refractivity (Wildman–Crippen MR) is 54.8 cm³/mol. The van der Waals surface area contributed by atoms with Crippen LogP contribution in [0.1, 0.15) is 0 Å². The second kappa shape index (κ2) is 7.19. The van der Waals surface area contributed by atoms with Crippen LogP contribution in [0, 0.1) is 0 Å². The van der Waals surface area contributed by atoms with Gasteiger partial charge >= 0.3 is 0 Å². The van der Waals surface area contributed by atoms with E-state index in [-0.39, 0.29) is 0 Å². The first-order chi connectivity index (χ1) is 3.85. The van der Waals surface area contributed by atoms with Crippen LogP contribution in [0.5, 0.6) is 0 Å². The van der Waals surface area contributed by atoms with Crippen LogP contribution in [0.4, 0.5) is 0 Å². The maximum Gasteiger partial charge on any atom is 0.0817 e. The summed E-state index contributed by atoms with van der Waals surface area (Å²) in [4.78, 5) is 0. The molecule has 0 aromatic carbocycles. The zero-order valence-electron chi connectivity index (χ0n) is 4.03. The highest BCUT2D eigenvalue weighted by Gasteiger charge is 2.02. The lowest BCUT2D eigenvalue weighted by Gasteiger charge is -2.07. The third kappa shape index (κ3) is 4.91. The molecule has 0 spiro atoms. The van der Waals surface area contributed by atoms with Crippen molar-refractivity contribution in [2.75, 3.05) is 10.7 Å². The highest BCUT2D eigenvalue weighted by atomic mass is 127. The van der Waals surface area contributed by atoms with Gasteiger partial charge in [-0.05, 0) is 22.0 Å². The zero-order valence-corrected chi connectivity index (χ0v) is 10.4. The van der Waals surface area contributed by atoms with Crippen molar-refractivity contribution in [2.24, 2.45) is 0 Å². The van der Waals surface area contributed by atoms with Gasteiger partial charge in [0.1, 0.15) is 0 Å². The van der Waals surface area contributed by atoms with E-state index in [4.69, 9.17) is 4.52 Å². The summed E-state index contributed by atoms with van der Waals surface area (Å²) in [6, 6.07) is 0. The molecule has 0 radical (unpaired) electrons. The van der Waals surface area contributed by atoms with Crippen LogP contribution in [-0.2, 0) is 4.52 Å². The van der Waals surface area contributed by atoms with Gasteiger partial charge in [-0.15, -0.1) is 0 Å². The largest absolute Gasteiger partial charge is 0.347 e. The second-order valence-electron chi connectivity index (χ2n) is 1.13. The van der Waals surface area contributed by atoms with Gasteiger partial charge in [-0.3, -0.25) is 0 Å². The number of hydrogen-bond acceptors (Lipinski definition) is 1. The van der Waals surface area contributed by atoms with E-state index in [1.807, 2.05) is 0 Å². The molecule has 50 valence electrons. The monoisotopic (exact) mass is 374 g/mol. The van der Waals surface area contributed by atoms with Gasteiger partial charge in [-0.1, -0.05) is 31.9 Å². The number of alkyl halides is 2.